The molecule has 0 bridgehead atoms. The minimum atomic E-state index is -0.225. The Kier molecular flexibility index (Phi) is 6.20. The maximum absolute atomic E-state index is 13.1. The van der Waals surface area contributed by atoms with Crippen molar-refractivity contribution in [3.8, 4) is 0 Å². The molecule has 6 heteroatoms. The summed E-state index contributed by atoms with van der Waals surface area (Å²) in [5, 5.41) is 14.1. The molecule has 3 rings (SSSR count). The van der Waals surface area contributed by atoms with Gasteiger partial charge in [-0.1, -0.05) is 13.3 Å². The van der Waals surface area contributed by atoms with Crippen LogP contribution in [0.15, 0.2) is 52.4 Å². The standard InChI is InChI=1S/C25H30N4O2/c1-6-7-17-24(30)22(28-20-10-8-18(26)13(2)15(20)4)12-23(25(17)31)29-21-11-9-19(27)14(3)16(21)5/h8-12,28,31H,6-7,26-27H2,1-5H3/b29-23-. The summed E-state index contributed by atoms with van der Waals surface area (Å²) in [5.41, 5.74) is 19.8. The molecule has 2 aromatic rings. The van der Waals surface area contributed by atoms with Crippen LogP contribution in [-0.2, 0) is 4.79 Å². The number of aliphatic imine (C=N–C) groups is 1. The van der Waals surface area contributed by atoms with Gasteiger partial charge in [0.2, 0.25) is 5.78 Å². The first-order valence-electron chi connectivity index (χ1n) is 10.4. The summed E-state index contributed by atoms with van der Waals surface area (Å²) in [6.45, 7) is 9.75. The van der Waals surface area contributed by atoms with Crippen molar-refractivity contribution in [1.82, 2.24) is 0 Å². The second-order valence-electron chi connectivity index (χ2n) is 7.96. The van der Waals surface area contributed by atoms with E-state index in [-0.39, 0.29) is 11.5 Å². The third kappa shape index (κ3) is 4.19. The van der Waals surface area contributed by atoms with Gasteiger partial charge in [-0.3, -0.25) is 4.79 Å². The Morgan fingerprint density at radius 2 is 1.55 bits per heavy atom. The van der Waals surface area contributed by atoms with Crippen LogP contribution in [0.25, 0.3) is 0 Å². The first-order chi connectivity index (χ1) is 14.6. The molecule has 0 heterocycles. The first kappa shape index (κ1) is 22.2. The Balaban J connectivity index is 2.11. The maximum atomic E-state index is 13.1. The van der Waals surface area contributed by atoms with Gasteiger partial charge in [0.25, 0.3) is 0 Å². The topological polar surface area (TPSA) is 114 Å². The fraction of sp³-hybridized carbons (Fsp3) is 0.280. The normalized spacial score (nSPS) is 15.5. The molecule has 0 saturated carbocycles. The predicted molar refractivity (Wildman–Crippen MR) is 129 cm³/mol. The molecule has 1 aliphatic carbocycles. The van der Waals surface area contributed by atoms with Crippen molar-refractivity contribution in [2.75, 3.05) is 16.8 Å². The molecule has 1 aliphatic rings. The Morgan fingerprint density at radius 1 is 0.935 bits per heavy atom. The molecule has 0 radical (unpaired) electrons. The summed E-state index contributed by atoms with van der Waals surface area (Å²) in [5.74, 6) is -0.297. The number of rotatable bonds is 5. The van der Waals surface area contributed by atoms with Gasteiger partial charge in [-0.2, -0.15) is 0 Å². The number of benzene rings is 2. The first-order valence-corrected chi connectivity index (χ1v) is 10.4. The number of hydrogen-bond acceptors (Lipinski definition) is 6. The fourth-order valence-corrected chi connectivity index (χ4v) is 3.56. The summed E-state index contributed by atoms with van der Waals surface area (Å²) >= 11 is 0. The average Bonchev–Trinajstić information content (AvgIpc) is 2.74. The number of nitrogen functional groups attached to an aromatic ring is 2. The number of anilines is 3. The number of carbonyl (C=O) groups is 1. The van der Waals surface area contributed by atoms with Gasteiger partial charge in [0.05, 0.1) is 11.4 Å². The predicted octanol–water partition coefficient (Wildman–Crippen LogP) is 5.35. The quantitative estimate of drug-likeness (QED) is 0.386. The molecule has 162 valence electrons. The number of aliphatic hydroxyl groups excluding tert-OH is 1. The molecular weight excluding hydrogens is 388 g/mol. The van der Waals surface area contributed by atoms with E-state index in [1.54, 1.807) is 12.1 Å². The van der Waals surface area contributed by atoms with Crippen molar-refractivity contribution in [2.45, 2.75) is 47.5 Å². The van der Waals surface area contributed by atoms with Crippen LogP contribution in [0.1, 0.15) is 42.0 Å². The highest BCUT2D eigenvalue weighted by molar-refractivity contribution is 6.25. The van der Waals surface area contributed by atoms with E-state index in [1.807, 2.05) is 52.8 Å². The second-order valence-corrected chi connectivity index (χ2v) is 7.96. The average molecular weight is 419 g/mol. The zero-order valence-electron chi connectivity index (χ0n) is 18.8. The Bertz CT molecular complexity index is 1160. The largest absolute Gasteiger partial charge is 0.505 e. The van der Waals surface area contributed by atoms with E-state index in [2.05, 4.69) is 10.3 Å². The highest BCUT2D eigenvalue weighted by Crippen LogP contribution is 2.31. The maximum Gasteiger partial charge on any atom is 0.209 e. The van der Waals surface area contributed by atoms with Gasteiger partial charge >= 0.3 is 0 Å². The molecule has 0 fully saturated rings. The Labute approximate surface area is 183 Å². The number of aliphatic hydroxyl groups is 1. The van der Waals surface area contributed by atoms with Crippen LogP contribution in [0.5, 0.6) is 0 Å². The lowest BCUT2D eigenvalue weighted by Crippen LogP contribution is -2.24. The van der Waals surface area contributed by atoms with Crippen molar-refractivity contribution in [3.63, 3.8) is 0 Å². The monoisotopic (exact) mass is 418 g/mol. The van der Waals surface area contributed by atoms with Crippen LogP contribution in [0.2, 0.25) is 0 Å². The van der Waals surface area contributed by atoms with E-state index in [9.17, 15) is 9.90 Å². The fourth-order valence-electron chi connectivity index (χ4n) is 3.56. The molecule has 2 aromatic carbocycles. The number of nitrogens with two attached hydrogens (primary N) is 2. The van der Waals surface area contributed by atoms with Gasteiger partial charge in [-0.25, -0.2) is 4.99 Å². The molecular formula is C25H30N4O2. The van der Waals surface area contributed by atoms with Crippen LogP contribution < -0.4 is 16.8 Å². The molecule has 0 unspecified atom stereocenters. The smallest absolute Gasteiger partial charge is 0.209 e. The number of allylic oxidation sites excluding steroid dienone is 2. The summed E-state index contributed by atoms with van der Waals surface area (Å²) in [7, 11) is 0. The minimum absolute atomic E-state index is 0.0727. The van der Waals surface area contributed by atoms with Crippen molar-refractivity contribution >= 4 is 34.2 Å². The number of nitrogens with one attached hydrogen (secondary N) is 1. The van der Waals surface area contributed by atoms with Crippen molar-refractivity contribution in [2.24, 2.45) is 4.99 Å². The van der Waals surface area contributed by atoms with Crippen LogP contribution in [0.3, 0.4) is 0 Å². The summed E-state index contributed by atoms with van der Waals surface area (Å²) in [6, 6.07) is 7.29. The summed E-state index contributed by atoms with van der Waals surface area (Å²) in [6.07, 6.45) is 2.79. The van der Waals surface area contributed by atoms with E-state index >= 15 is 0 Å². The lowest BCUT2D eigenvalue weighted by molar-refractivity contribution is -0.112. The second kappa shape index (κ2) is 8.68. The lowest BCUT2D eigenvalue weighted by Gasteiger charge is -2.21. The zero-order valence-corrected chi connectivity index (χ0v) is 18.8. The van der Waals surface area contributed by atoms with E-state index in [0.717, 1.165) is 34.4 Å². The molecule has 0 atom stereocenters. The van der Waals surface area contributed by atoms with Crippen LogP contribution in [0, 0.1) is 27.7 Å². The summed E-state index contributed by atoms with van der Waals surface area (Å²) in [4.78, 5) is 17.8. The van der Waals surface area contributed by atoms with Gasteiger partial charge in [0.1, 0.15) is 11.5 Å². The molecule has 6 N–H and O–H groups in total. The van der Waals surface area contributed by atoms with E-state index in [4.69, 9.17) is 11.5 Å². The molecule has 6 nitrogen and oxygen atoms in total. The van der Waals surface area contributed by atoms with Crippen LogP contribution >= 0.6 is 0 Å². The van der Waals surface area contributed by atoms with Gasteiger partial charge in [-0.15, -0.1) is 0 Å². The SMILES string of the molecule is CCCC1=C(O)/C(=N\c2ccc(N)c(C)c2C)C=C(Nc2ccc(N)c(C)c2C)C1=O. The van der Waals surface area contributed by atoms with Crippen LogP contribution in [-0.4, -0.2) is 16.6 Å². The molecule has 31 heavy (non-hydrogen) atoms. The summed E-state index contributed by atoms with van der Waals surface area (Å²) < 4.78 is 0. The number of Topliss-reactive ketones (excluding diaryl/α,β-unsaturated/α-hetero) is 1. The third-order valence-electron chi connectivity index (χ3n) is 5.97. The molecule has 0 aliphatic heterocycles. The highest BCUT2D eigenvalue weighted by Gasteiger charge is 2.27. The van der Waals surface area contributed by atoms with Crippen LogP contribution in [0.4, 0.5) is 22.7 Å². The van der Waals surface area contributed by atoms with Crippen molar-refractivity contribution in [1.29, 1.82) is 0 Å². The van der Waals surface area contributed by atoms with E-state index < -0.39 is 0 Å². The highest BCUT2D eigenvalue weighted by atomic mass is 16.3. The van der Waals surface area contributed by atoms with Gasteiger partial charge in [0.15, 0.2) is 0 Å². The third-order valence-corrected chi connectivity index (χ3v) is 5.97. The van der Waals surface area contributed by atoms with Gasteiger partial charge < -0.3 is 21.9 Å². The Hall–Kier alpha value is -3.54. The number of carbonyl (C=O) groups excluding carboxylic acids is 1. The molecule has 0 saturated heterocycles. The molecule has 0 aromatic heterocycles. The van der Waals surface area contributed by atoms with Gasteiger partial charge in [0, 0.05) is 22.6 Å². The molecule has 0 spiro atoms. The number of hydrogen-bond donors (Lipinski definition) is 4. The van der Waals surface area contributed by atoms with Crippen molar-refractivity contribution < 1.29 is 9.90 Å². The number of ketones is 1. The lowest BCUT2D eigenvalue weighted by atomic mass is 9.94. The Morgan fingerprint density at radius 3 is 2.19 bits per heavy atom. The van der Waals surface area contributed by atoms with E-state index in [0.29, 0.717) is 40.5 Å². The van der Waals surface area contributed by atoms with Crippen molar-refractivity contribution in [3.05, 3.63) is 69.6 Å². The minimum Gasteiger partial charge on any atom is -0.505 e. The van der Waals surface area contributed by atoms with Gasteiger partial charge in [-0.05, 0) is 86.7 Å². The zero-order chi connectivity index (χ0) is 22.9. The van der Waals surface area contributed by atoms with E-state index in [1.165, 1.54) is 0 Å². The number of nitrogens with zero attached hydrogens (tertiary/aromatic N) is 1. The molecule has 0 amide bonds.